The zero-order valence-corrected chi connectivity index (χ0v) is 11.6. The van der Waals surface area contributed by atoms with Gasteiger partial charge in [-0.2, -0.15) is 0 Å². The average molecular weight is 305 g/mol. The molecule has 18 heavy (non-hydrogen) atoms. The molecular formula is C14H13BrN2O. The van der Waals surface area contributed by atoms with Crippen molar-refractivity contribution in [3.05, 3.63) is 58.3 Å². The van der Waals surface area contributed by atoms with Crippen molar-refractivity contribution in [3.8, 4) is 0 Å². The van der Waals surface area contributed by atoms with E-state index in [0.717, 1.165) is 16.6 Å². The number of nitrogens with zero attached hydrogens (tertiary/aromatic N) is 1. The molecule has 92 valence electrons. The van der Waals surface area contributed by atoms with Gasteiger partial charge in [0.25, 0.3) is 5.91 Å². The Hall–Kier alpha value is -1.68. The van der Waals surface area contributed by atoms with Crippen LogP contribution in [0.25, 0.3) is 0 Å². The third-order valence-corrected chi connectivity index (χ3v) is 3.27. The normalized spacial score (nSPS) is 10.1. The first-order valence-corrected chi connectivity index (χ1v) is 6.50. The average Bonchev–Trinajstić information content (AvgIpc) is 2.42. The minimum Gasteiger partial charge on any atom is -0.321 e. The summed E-state index contributed by atoms with van der Waals surface area (Å²) in [7, 11) is 0. The van der Waals surface area contributed by atoms with Crippen molar-refractivity contribution in [2.45, 2.75) is 13.3 Å². The maximum atomic E-state index is 11.9. The number of aromatic nitrogens is 1. The van der Waals surface area contributed by atoms with Crippen LogP contribution in [-0.2, 0) is 6.42 Å². The number of benzene rings is 1. The number of hydrogen-bond acceptors (Lipinski definition) is 2. The second-order valence-corrected chi connectivity index (χ2v) is 4.72. The van der Waals surface area contributed by atoms with Gasteiger partial charge >= 0.3 is 0 Å². The molecule has 0 bridgehead atoms. The van der Waals surface area contributed by atoms with Gasteiger partial charge in [0, 0.05) is 16.9 Å². The molecule has 2 aromatic rings. The third kappa shape index (κ3) is 2.96. The van der Waals surface area contributed by atoms with Crippen molar-refractivity contribution in [1.82, 2.24) is 4.98 Å². The van der Waals surface area contributed by atoms with E-state index in [0.29, 0.717) is 5.56 Å². The molecule has 1 N–H and O–H groups in total. The highest BCUT2D eigenvalue weighted by atomic mass is 79.9. The molecular weight excluding hydrogens is 292 g/mol. The zero-order valence-electron chi connectivity index (χ0n) is 9.98. The summed E-state index contributed by atoms with van der Waals surface area (Å²) in [6.45, 7) is 2.09. The van der Waals surface area contributed by atoms with Crippen LogP contribution in [0.2, 0.25) is 0 Å². The number of anilines is 1. The predicted octanol–water partition coefficient (Wildman–Crippen LogP) is 3.66. The van der Waals surface area contributed by atoms with Gasteiger partial charge < -0.3 is 5.32 Å². The summed E-state index contributed by atoms with van der Waals surface area (Å²) >= 11 is 3.46. The summed E-state index contributed by atoms with van der Waals surface area (Å²) in [6.07, 6.45) is 4.15. The first-order chi connectivity index (χ1) is 8.70. The van der Waals surface area contributed by atoms with Gasteiger partial charge in [-0.3, -0.25) is 9.78 Å². The van der Waals surface area contributed by atoms with Crippen LogP contribution >= 0.6 is 15.9 Å². The zero-order chi connectivity index (χ0) is 13.0. The van der Waals surface area contributed by atoms with Crippen molar-refractivity contribution in [2.24, 2.45) is 0 Å². The van der Waals surface area contributed by atoms with Crippen molar-refractivity contribution in [3.63, 3.8) is 0 Å². The third-order valence-electron chi connectivity index (χ3n) is 2.61. The fraction of sp³-hybridized carbons (Fsp3) is 0.143. The highest BCUT2D eigenvalue weighted by Gasteiger charge is 2.08. The molecule has 0 aliphatic heterocycles. The Morgan fingerprint density at radius 2 is 2.22 bits per heavy atom. The molecule has 0 radical (unpaired) electrons. The van der Waals surface area contributed by atoms with Crippen LogP contribution in [0.1, 0.15) is 22.8 Å². The number of halogens is 1. The van der Waals surface area contributed by atoms with E-state index in [9.17, 15) is 4.79 Å². The van der Waals surface area contributed by atoms with Gasteiger partial charge in [0.2, 0.25) is 0 Å². The quantitative estimate of drug-likeness (QED) is 0.940. The van der Waals surface area contributed by atoms with Crippen LogP contribution in [0.5, 0.6) is 0 Å². The van der Waals surface area contributed by atoms with Gasteiger partial charge in [-0.25, -0.2) is 0 Å². The number of amides is 1. The molecule has 1 aromatic heterocycles. The van der Waals surface area contributed by atoms with E-state index in [1.165, 1.54) is 5.56 Å². The highest BCUT2D eigenvalue weighted by molar-refractivity contribution is 9.10. The lowest BCUT2D eigenvalue weighted by Gasteiger charge is -2.08. The van der Waals surface area contributed by atoms with Crippen molar-refractivity contribution >= 4 is 27.5 Å². The molecule has 4 heteroatoms. The summed E-state index contributed by atoms with van der Waals surface area (Å²) in [5, 5.41) is 2.85. The summed E-state index contributed by atoms with van der Waals surface area (Å²) in [5.41, 5.74) is 2.53. The standard InChI is InChI=1S/C14H13BrN2O/c1-2-10-5-6-13(12(15)8-10)17-14(18)11-4-3-7-16-9-11/h3-9H,2H2,1H3,(H,17,18). The molecule has 3 nitrogen and oxygen atoms in total. The van der Waals surface area contributed by atoms with Crippen LogP contribution in [0, 0.1) is 0 Å². The molecule has 0 fully saturated rings. The molecule has 0 saturated heterocycles. The lowest BCUT2D eigenvalue weighted by Crippen LogP contribution is -2.12. The Labute approximate surface area is 114 Å². The fourth-order valence-corrected chi connectivity index (χ4v) is 2.10. The Morgan fingerprint density at radius 1 is 1.39 bits per heavy atom. The van der Waals surface area contributed by atoms with Gasteiger partial charge in [0.15, 0.2) is 0 Å². The van der Waals surface area contributed by atoms with E-state index in [1.807, 2.05) is 18.2 Å². The molecule has 1 aromatic carbocycles. The Balaban J connectivity index is 2.17. The molecule has 0 aliphatic carbocycles. The van der Waals surface area contributed by atoms with Crippen molar-refractivity contribution in [2.75, 3.05) is 5.32 Å². The number of rotatable bonds is 3. The molecule has 0 aliphatic rings. The van der Waals surface area contributed by atoms with Gasteiger partial charge in [0.1, 0.15) is 0 Å². The lowest BCUT2D eigenvalue weighted by molar-refractivity contribution is 0.102. The van der Waals surface area contributed by atoms with E-state index in [4.69, 9.17) is 0 Å². The van der Waals surface area contributed by atoms with Gasteiger partial charge in [-0.1, -0.05) is 13.0 Å². The largest absolute Gasteiger partial charge is 0.321 e. The maximum absolute atomic E-state index is 11.9. The Kier molecular flexibility index (Phi) is 4.10. The number of carbonyl (C=O) groups excluding carboxylic acids is 1. The molecule has 2 rings (SSSR count). The summed E-state index contributed by atoms with van der Waals surface area (Å²) in [5.74, 6) is -0.159. The van der Waals surface area contributed by atoms with Crippen LogP contribution in [0.3, 0.4) is 0 Å². The summed E-state index contributed by atoms with van der Waals surface area (Å²) < 4.78 is 0.888. The van der Waals surface area contributed by atoms with Gasteiger partial charge in [-0.15, -0.1) is 0 Å². The van der Waals surface area contributed by atoms with E-state index in [2.05, 4.69) is 33.2 Å². The minimum atomic E-state index is -0.159. The van der Waals surface area contributed by atoms with E-state index >= 15 is 0 Å². The minimum absolute atomic E-state index is 0.159. The van der Waals surface area contributed by atoms with Crippen LogP contribution in [0.15, 0.2) is 47.2 Å². The predicted molar refractivity (Wildman–Crippen MR) is 75.7 cm³/mol. The molecule has 0 spiro atoms. The van der Waals surface area contributed by atoms with Gasteiger partial charge in [-0.05, 0) is 52.2 Å². The van der Waals surface area contributed by atoms with Crippen molar-refractivity contribution in [1.29, 1.82) is 0 Å². The number of aryl methyl sites for hydroxylation is 1. The fourth-order valence-electron chi connectivity index (χ4n) is 1.57. The van der Waals surface area contributed by atoms with Gasteiger partial charge in [0.05, 0.1) is 11.3 Å². The van der Waals surface area contributed by atoms with E-state index in [1.54, 1.807) is 24.5 Å². The molecule has 0 saturated carbocycles. The maximum Gasteiger partial charge on any atom is 0.257 e. The first-order valence-electron chi connectivity index (χ1n) is 5.70. The van der Waals surface area contributed by atoms with Crippen molar-refractivity contribution < 1.29 is 4.79 Å². The molecule has 0 atom stereocenters. The smallest absolute Gasteiger partial charge is 0.257 e. The van der Waals surface area contributed by atoms with Crippen LogP contribution in [-0.4, -0.2) is 10.9 Å². The number of pyridine rings is 1. The highest BCUT2D eigenvalue weighted by Crippen LogP contribution is 2.24. The second kappa shape index (κ2) is 5.78. The van der Waals surface area contributed by atoms with E-state index < -0.39 is 0 Å². The number of hydrogen-bond donors (Lipinski definition) is 1. The summed E-state index contributed by atoms with van der Waals surface area (Å²) in [6, 6.07) is 9.39. The topological polar surface area (TPSA) is 42.0 Å². The monoisotopic (exact) mass is 304 g/mol. The van der Waals surface area contributed by atoms with Crippen LogP contribution in [0.4, 0.5) is 5.69 Å². The SMILES string of the molecule is CCc1ccc(NC(=O)c2cccnc2)c(Br)c1. The Bertz CT molecular complexity index is 555. The Morgan fingerprint density at radius 3 is 2.83 bits per heavy atom. The first kappa shape index (κ1) is 12.8. The number of carbonyl (C=O) groups is 1. The molecule has 1 amide bonds. The summed E-state index contributed by atoms with van der Waals surface area (Å²) in [4.78, 5) is 15.9. The number of nitrogens with one attached hydrogen (secondary N) is 1. The molecule has 0 unspecified atom stereocenters. The second-order valence-electron chi connectivity index (χ2n) is 3.86. The molecule has 1 heterocycles. The van der Waals surface area contributed by atoms with Crippen LogP contribution < -0.4 is 5.32 Å². The van der Waals surface area contributed by atoms with E-state index in [-0.39, 0.29) is 5.91 Å². The lowest BCUT2D eigenvalue weighted by atomic mass is 10.1.